The Labute approximate surface area is 183 Å². The van der Waals surface area contributed by atoms with E-state index in [1.807, 2.05) is 27.8 Å². The molecule has 2 heterocycles. The predicted molar refractivity (Wildman–Crippen MR) is 111 cm³/mol. The molecule has 0 atom stereocenters. The first-order valence-electron chi connectivity index (χ1n) is 9.51. The highest BCUT2D eigenvalue weighted by atomic mass is 32.2. The molecule has 0 saturated carbocycles. The minimum Gasteiger partial charge on any atom is -0.370 e. The molecule has 1 aromatic heterocycles. The minimum absolute atomic E-state index is 0.272. The molecule has 1 fully saturated rings. The zero-order chi connectivity index (χ0) is 23.3. The molecule has 2 aromatic carbocycles. The van der Waals surface area contributed by atoms with Crippen LogP contribution in [0.2, 0.25) is 0 Å². The molecule has 11 heteroatoms. The Hall–Kier alpha value is -2.82. The summed E-state index contributed by atoms with van der Waals surface area (Å²) < 4.78 is 79.5. The summed E-state index contributed by atoms with van der Waals surface area (Å²) in [4.78, 5) is 13.7. The van der Waals surface area contributed by atoms with Crippen LogP contribution in [0.3, 0.4) is 0 Å². The maximum atomic E-state index is 13.1. The number of carbonyl (C=O) groups is 1. The number of nitrogens with zero attached hydrogens (tertiary/aromatic N) is 2. The molecule has 0 unspecified atom stereocenters. The quantitative estimate of drug-likeness (QED) is 0.392. The van der Waals surface area contributed by atoms with Crippen molar-refractivity contribution in [3.8, 4) is 5.69 Å². The summed E-state index contributed by atoms with van der Waals surface area (Å²) in [6.45, 7) is 2.28. The van der Waals surface area contributed by atoms with Gasteiger partial charge in [0, 0.05) is 36.0 Å². The summed E-state index contributed by atoms with van der Waals surface area (Å²) in [5, 5.41) is 0.494. The molecule has 4 rings (SSSR count). The third-order valence-corrected chi connectivity index (χ3v) is 5.86. The summed E-state index contributed by atoms with van der Waals surface area (Å²) in [5.41, 5.74) is -2.45. The van der Waals surface area contributed by atoms with Crippen molar-refractivity contribution in [2.75, 3.05) is 18.0 Å². The zero-order valence-corrected chi connectivity index (χ0v) is 17.4. The molecule has 1 N–H and O–H groups in total. The largest absolute Gasteiger partial charge is 0.461 e. The molecule has 0 radical (unpaired) electrons. The van der Waals surface area contributed by atoms with Crippen LogP contribution in [0, 0.1) is 12.8 Å². The van der Waals surface area contributed by atoms with E-state index >= 15 is 0 Å². The van der Waals surface area contributed by atoms with Gasteiger partial charge in [-0.05, 0) is 48.9 Å². The van der Waals surface area contributed by atoms with Gasteiger partial charge in [0.15, 0.2) is 0 Å². The van der Waals surface area contributed by atoms with Gasteiger partial charge in [0.2, 0.25) is 5.91 Å². The smallest absolute Gasteiger partial charge is 0.370 e. The average molecular weight is 473 g/mol. The van der Waals surface area contributed by atoms with E-state index in [-0.39, 0.29) is 13.1 Å². The normalized spacial score (nSPS) is 15.2. The molecule has 1 amide bonds. The maximum absolute atomic E-state index is 13.1. The fourth-order valence-electron chi connectivity index (χ4n) is 3.67. The highest BCUT2D eigenvalue weighted by molar-refractivity contribution is 7.98. The first kappa shape index (κ1) is 22.4. The zero-order valence-electron chi connectivity index (χ0n) is 16.6. The van der Waals surface area contributed by atoms with Crippen LogP contribution in [0.4, 0.5) is 32.0 Å². The van der Waals surface area contributed by atoms with Gasteiger partial charge in [-0.15, -0.1) is 0 Å². The van der Waals surface area contributed by atoms with E-state index in [4.69, 9.17) is 0 Å². The lowest BCUT2D eigenvalue weighted by atomic mass is 9.98. The molecule has 3 aromatic rings. The van der Waals surface area contributed by atoms with E-state index in [9.17, 15) is 31.1 Å². The highest BCUT2D eigenvalue weighted by Gasteiger charge is 2.36. The van der Waals surface area contributed by atoms with Crippen LogP contribution in [0.25, 0.3) is 16.6 Å². The Morgan fingerprint density at radius 3 is 2.38 bits per heavy atom. The fraction of sp³-hybridized carbons (Fsp3) is 0.286. The van der Waals surface area contributed by atoms with E-state index in [1.165, 1.54) is 6.07 Å². The van der Waals surface area contributed by atoms with Crippen LogP contribution >= 0.6 is 11.9 Å². The van der Waals surface area contributed by atoms with Gasteiger partial charge in [-0.1, -0.05) is 6.07 Å². The van der Waals surface area contributed by atoms with E-state index < -0.39 is 41.0 Å². The number of hydrogen-bond donors (Lipinski definition) is 1. The minimum atomic E-state index is -4.54. The van der Waals surface area contributed by atoms with Gasteiger partial charge in [-0.2, -0.15) is 26.3 Å². The maximum Gasteiger partial charge on any atom is 0.461 e. The first-order chi connectivity index (χ1) is 14.9. The summed E-state index contributed by atoms with van der Waals surface area (Å²) >= 11 is -0.570. The fourth-order valence-corrected chi connectivity index (χ4v) is 4.05. The van der Waals surface area contributed by atoms with Crippen LogP contribution in [-0.2, 0) is 11.0 Å². The number of halogens is 6. The number of nitrogens with one attached hydrogen (secondary N) is 1. The van der Waals surface area contributed by atoms with E-state index in [2.05, 4.69) is 0 Å². The summed E-state index contributed by atoms with van der Waals surface area (Å²) in [6.07, 6.45) is -2.67. The highest BCUT2D eigenvalue weighted by Crippen LogP contribution is 2.35. The molecule has 1 aliphatic heterocycles. The van der Waals surface area contributed by atoms with Crippen molar-refractivity contribution in [3.63, 3.8) is 0 Å². The lowest BCUT2D eigenvalue weighted by Crippen LogP contribution is -2.53. The van der Waals surface area contributed by atoms with Crippen molar-refractivity contribution in [2.45, 2.75) is 18.6 Å². The molecular formula is C21H17F6N3OS. The van der Waals surface area contributed by atoms with Crippen molar-refractivity contribution in [2.24, 2.45) is 5.92 Å². The lowest BCUT2D eigenvalue weighted by molar-refractivity contribution is -0.137. The van der Waals surface area contributed by atoms with E-state index in [0.717, 1.165) is 23.5 Å². The van der Waals surface area contributed by atoms with Gasteiger partial charge in [-0.25, -0.2) is 0 Å². The van der Waals surface area contributed by atoms with Crippen LogP contribution in [0.15, 0.2) is 48.7 Å². The molecule has 4 nitrogen and oxygen atoms in total. The number of hydrogen-bond acceptors (Lipinski definition) is 3. The standard InChI is InChI=1S/C21H17F6N3OS/c1-12-9-30(18-6-5-14(7-17(12)18)20(22,23)24)16-4-2-3-15(8-16)29-10-13(11-29)19(31)28-32-21(25,26)27/h2-9,13H,10-11H2,1H3,(H,28,31). The average Bonchev–Trinajstić information content (AvgIpc) is 3.00. The Kier molecular flexibility index (Phi) is 5.56. The molecule has 0 bridgehead atoms. The summed E-state index contributed by atoms with van der Waals surface area (Å²) in [6, 6.07) is 10.8. The Balaban J connectivity index is 1.52. The second-order valence-corrected chi connectivity index (χ2v) is 8.42. The van der Waals surface area contributed by atoms with Gasteiger partial charge in [0.25, 0.3) is 0 Å². The number of benzene rings is 2. The third kappa shape index (κ3) is 4.52. The van der Waals surface area contributed by atoms with Gasteiger partial charge >= 0.3 is 11.7 Å². The van der Waals surface area contributed by atoms with Crippen molar-refractivity contribution in [1.29, 1.82) is 0 Å². The second kappa shape index (κ2) is 7.95. The SMILES string of the molecule is Cc1cn(-c2cccc(N3CC(C(=O)NSC(F)(F)F)C3)c2)c2ccc(C(F)(F)F)cc12. The number of amides is 1. The third-order valence-electron chi connectivity index (χ3n) is 5.32. The summed E-state index contributed by atoms with van der Waals surface area (Å²) in [7, 11) is 0. The molecule has 1 saturated heterocycles. The Morgan fingerprint density at radius 1 is 1.03 bits per heavy atom. The first-order valence-corrected chi connectivity index (χ1v) is 10.3. The molecule has 170 valence electrons. The van der Waals surface area contributed by atoms with E-state index in [0.29, 0.717) is 16.5 Å². The molecule has 32 heavy (non-hydrogen) atoms. The van der Waals surface area contributed by atoms with Crippen molar-refractivity contribution >= 4 is 34.4 Å². The number of aryl methyl sites for hydroxylation is 1. The van der Waals surface area contributed by atoms with Crippen LogP contribution < -0.4 is 9.62 Å². The van der Waals surface area contributed by atoms with Crippen molar-refractivity contribution in [1.82, 2.24) is 9.29 Å². The number of anilines is 1. The monoisotopic (exact) mass is 473 g/mol. The number of aromatic nitrogens is 1. The van der Waals surface area contributed by atoms with Crippen LogP contribution in [0.1, 0.15) is 11.1 Å². The Morgan fingerprint density at radius 2 is 1.72 bits per heavy atom. The van der Waals surface area contributed by atoms with Gasteiger partial charge in [0.1, 0.15) is 0 Å². The number of fused-ring (bicyclic) bond motifs is 1. The topological polar surface area (TPSA) is 37.3 Å². The Bertz CT molecular complexity index is 1160. The second-order valence-electron chi connectivity index (χ2n) is 7.55. The summed E-state index contributed by atoms with van der Waals surface area (Å²) in [5.74, 6) is -1.23. The van der Waals surface area contributed by atoms with Gasteiger partial charge in [-0.3, -0.25) is 9.52 Å². The predicted octanol–water partition coefficient (Wildman–Crippen LogP) is 5.68. The van der Waals surface area contributed by atoms with Gasteiger partial charge in [0.05, 0.1) is 28.9 Å². The van der Waals surface area contributed by atoms with Crippen LogP contribution in [-0.4, -0.2) is 29.1 Å². The van der Waals surface area contributed by atoms with Crippen LogP contribution in [0.5, 0.6) is 0 Å². The van der Waals surface area contributed by atoms with Gasteiger partial charge < -0.3 is 9.47 Å². The lowest BCUT2D eigenvalue weighted by Gasteiger charge is -2.40. The molecule has 0 spiro atoms. The van der Waals surface area contributed by atoms with Crippen molar-refractivity contribution in [3.05, 3.63) is 59.8 Å². The van der Waals surface area contributed by atoms with E-state index in [1.54, 1.807) is 23.8 Å². The molecule has 0 aliphatic carbocycles. The van der Waals surface area contributed by atoms with Crippen molar-refractivity contribution < 1.29 is 31.1 Å². The number of carbonyl (C=O) groups excluding carboxylic acids is 1. The number of rotatable bonds is 4. The molecular weight excluding hydrogens is 456 g/mol. The number of alkyl halides is 6. The molecule has 1 aliphatic rings.